The van der Waals surface area contributed by atoms with Crippen LogP contribution < -0.4 is 15.8 Å². The van der Waals surface area contributed by atoms with Crippen LogP contribution in [0, 0.1) is 17.8 Å². The predicted molar refractivity (Wildman–Crippen MR) is 278 cm³/mol. The minimum Gasteiger partial charge on any atom is -0.494 e. The normalized spacial score (nSPS) is 19.0. The number of likely N-dealkylation sites (tertiary alicyclic amines) is 2. The average molecular weight is 942 g/mol. The lowest BCUT2D eigenvalue weighted by atomic mass is 9.92. The summed E-state index contributed by atoms with van der Waals surface area (Å²) < 4.78 is 14.8. The molecule has 3 aliphatic heterocycles. The molecule has 2 aliphatic carbocycles. The van der Waals surface area contributed by atoms with Crippen LogP contribution in [0.1, 0.15) is 85.4 Å². The van der Waals surface area contributed by atoms with Crippen LogP contribution in [0.3, 0.4) is 0 Å². The molecule has 0 radical (unpaired) electrons. The van der Waals surface area contributed by atoms with Gasteiger partial charge < -0.3 is 43.9 Å². The number of hydrogen-bond donors (Lipinski definition) is 2. The first kappa shape index (κ1) is 45.9. The van der Waals surface area contributed by atoms with Crippen molar-refractivity contribution >= 4 is 55.8 Å². The number of rotatable bonds is 9. The van der Waals surface area contributed by atoms with E-state index in [1.807, 2.05) is 60.3 Å². The molecule has 5 fully saturated rings. The molecule has 14 nitrogen and oxygen atoms in total. The van der Waals surface area contributed by atoms with E-state index in [0.717, 1.165) is 139 Å². The summed E-state index contributed by atoms with van der Waals surface area (Å²) in [5, 5.41) is 5.94. The Balaban J connectivity index is 0.000000146. The number of ether oxygens (including phenoxy) is 1. The summed E-state index contributed by atoms with van der Waals surface area (Å²) in [5.41, 5.74) is 14.4. The van der Waals surface area contributed by atoms with E-state index in [-0.39, 0.29) is 11.8 Å². The van der Waals surface area contributed by atoms with E-state index < -0.39 is 0 Å². The van der Waals surface area contributed by atoms with Crippen molar-refractivity contribution in [2.45, 2.75) is 83.8 Å². The maximum atomic E-state index is 13.6. The third-order valence-corrected chi connectivity index (χ3v) is 15.3. The highest BCUT2D eigenvalue weighted by Crippen LogP contribution is 2.39. The van der Waals surface area contributed by atoms with Gasteiger partial charge in [0.1, 0.15) is 16.9 Å². The van der Waals surface area contributed by atoms with Crippen molar-refractivity contribution < 1.29 is 14.3 Å². The van der Waals surface area contributed by atoms with E-state index in [1.54, 1.807) is 7.11 Å². The molecule has 364 valence electrons. The van der Waals surface area contributed by atoms with Crippen molar-refractivity contribution in [3.63, 3.8) is 0 Å². The number of hydrogen-bond acceptors (Lipinski definition) is 8. The zero-order valence-corrected chi connectivity index (χ0v) is 41.2. The van der Waals surface area contributed by atoms with E-state index >= 15 is 0 Å². The SMILES string of the molecule is CCN.COc1cc(C(=O)N2CCC3CCNC3C2)cc2nc(-c3cc4cccnc4n3CC3CC3)n(C)c12.Cn1c(-c2cc3ccccc3n2CC2CC2)nc2cc(C(=O)N3CCCCC3)ccc21. The molecule has 5 aromatic heterocycles. The van der Waals surface area contributed by atoms with Crippen LogP contribution in [0.15, 0.2) is 85.1 Å². The van der Waals surface area contributed by atoms with Gasteiger partial charge in [0.2, 0.25) is 0 Å². The van der Waals surface area contributed by atoms with Crippen LogP contribution in [0.25, 0.3) is 67.0 Å². The number of piperidine rings is 2. The first-order valence-electron chi connectivity index (χ1n) is 25.8. The Morgan fingerprint density at radius 3 is 2.14 bits per heavy atom. The number of nitrogens with zero attached hydrogens (tertiary/aromatic N) is 9. The number of benzene rings is 3. The molecule has 8 aromatic rings. The van der Waals surface area contributed by atoms with Gasteiger partial charge >= 0.3 is 0 Å². The van der Waals surface area contributed by atoms with Gasteiger partial charge in [-0.2, -0.15) is 0 Å². The van der Waals surface area contributed by atoms with Gasteiger partial charge in [-0.1, -0.05) is 25.1 Å². The highest BCUT2D eigenvalue weighted by atomic mass is 16.5. The highest BCUT2D eigenvalue weighted by Gasteiger charge is 2.35. The van der Waals surface area contributed by atoms with E-state index in [2.05, 4.69) is 84.1 Å². The molecule has 0 spiro atoms. The van der Waals surface area contributed by atoms with Crippen LogP contribution in [0.2, 0.25) is 0 Å². The Hall–Kier alpha value is -6.51. The first-order valence-corrected chi connectivity index (χ1v) is 25.8. The molecule has 14 heteroatoms. The molecule has 2 unspecified atom stereocenters. The molecule has 2 amide bonds. The molecule has 3 aromatic carbocycles. The number of methoxy groups -OCH3 is 1. The van der Waals surface area contributed by atoms with Crippen LogP contribution in [0.5, 0.6) is 5.75 Å². The van der Waals surface area contributed by atoms with E-state index in [1.165, 1.54) is 49.4 Å². The number of imidazole rings is 2. The Labute approximate surface area is 409 Å². The van der Waals surface area contributed by atoms with Crippen molar-refractivity contribution in [2.75, 3.05) is 46.4 Å². The summed E-state index contributed by atoms with van der Waals surface area (Å²) in [6.07, 6.45) is 12.7. The quantitative estimate of drug-likeness (QED) is 0.146. The maximum absolute atomic E-state index is 13.6. The summed E-state index contributed by atoms with van der Waals surface area (Å²) in [5.74, 6) is 4.87. The van der Waals surface area contributed by atoms with Crippen LogP contribution in [-0.4, -0.2) is 107 Å². The fourth-order valence-corrected chi connectivity index (χ4v) is 11.2. The van der Waals surface area contributed by atoms with Crippen molar-refractivity contribution in [1.82, 2.24) is 48.3 Å². The molecule has 13 rings (SSSR count). The lowest BCUT2D eigenvalue weighted by Crippen LogP contribution is -2.48. The van der Waals surface area contributed by atoms with Gasteiger partial charge in [0.15, 0.2) is 11.6 Å². The zero-order valence-electron chi connectivity index (χ0n) is 41.2. The van der Waals surface area contributed by atoms with E-state index in [4.69, 9.17) is 20.4 Å². The average Bonchev–Trinajstić information content (AvgIpc) is 4.18. The number of nitrogens with one attached hydrogen (secondary N) is 1. The van der Waals surface area contributed by atoms with Crippen molar-refractivity contribution in [1.29, 1.82) is 0 Å². The number of amides is 2. The van der Waals surface area contributed by atoms with E-state index in [9.17, 15) is 9.59 Å². The molecule has 0 bridgehead atoms. The Morgan fingerprint density at radius 2 is 1.37 bits per heavy atom. The Kier molecular flexibility index (Phi) is 12.7. The standard InChI is InChI=1S/C28H32N6O2.C26H28N4O.C2H7N/c1-32-25-21(31-27(32)23-13-19-4-3-9-30-26(19)34(23)15-17-5-6-17)12-20(14-24(25)36-2)28(35)33-11-8-18-7-10-29-22(18)16-33;1-28-23-12-11-20(26(31)29-13-5-2-6-14-29)15-21(23)27-25(28)24-16-19-7-3-4-8-22(19)30(24)17-18-9-10-18;1-2-3/h3-4,9,12-14,17-18,22,29H,5-8,10-11,15-16H2,1-2H3;3-4,7-8,11-12,15-16,18H,2,5-6,9-10,13-14,17H2,1H3;2-3H2,1H3. The molecule has 8 heterocycles. The molecule has 2 saturated carbocycles. The van der Waals surface area contributed by atoms with Crippen molar-refractivity contribution in [3.05, 3.63) is 96.2 Å². The topological polar surface area (TPSA) is 146 Å². The smallest absolute Gasteiger partial charge is 0.254 e. The van der Waals surface area contributed by atoms with Gasteiger partial charge in [-0.15, -0.1) is 0 Å². The number of carbonyl (C=O) groups excluding carboxylic acids is 2. The first-order chi connectivity index (χ1) is 34.2. The van der Waals surface area contributed by atoms with Crippen LogP contribution >= 0.6 is 0 Å². The number of pyridine rings is 1. The number of aromatic nitrogens is 7. The largest absolute Gasteiger partial charge is 0.494 e. The van der Waals surface area contributed by atoms with Gasteiger partial charge in [0.05, 0.1) is 35.0 Å². The molecule has 2 atom stereocenters. The number of aryl methyl sites for hydroxylation is 2. The summed E-state index contributed by atoms with van der Waals surface area (Å²) in [7, 11) is 5.77. The van der Waals surface area contributed by atoms with Crippen LogP contribution in [0.4, 0.5) is 0 Å². The van der Waals surface area contributed by atoms with Crippen molar-refractivity contribution in [3.8, 4) is 28.8 Å². The fourth-order valence-electron chi connectivity index (χ4n) is 11.2. The molecular formula is C56H67N11O3. The molecule has 3 N–H and O–H groups in total. The number of carbonyl (C=O) groups is 2. The Bertz CT molecular complexity index is 3220. The second-order valence-electron chi connectivity index (χ2n) is 20.3. The second kappa shape index (κ2) is 19.4. The van der Waals surface area contributed by atoms with Crippen LogP contribution in [-0.2, 0) is 27.2 Å². The third-order valence-electron chi connectivity index (χ3n) is 15.3. The fraction of sp³-hybridized carbons (Fsp3) is 0.446. The second-order valence-corrected chi connectivity index (χ2v) is 20.3. The van der Waals surface area contributed by atoms with Gasteiger partial charge in [-0.25, -0.2) is 15.0 Å². The zero-order chi connectivity index (χ0) is 48.0. The number of fused-ring (bicyclic) bond motifs is 5. The third kappa shape index (κ3) is 8.85. The molecule has 3 saturated heterocycles. The molecule has 5 aliphatic rings. The summed E-state index contributed by atoms with van der Waals surface area (Å²) in [6.45, 7) is 9.02. The lowest BCUT2D eigenvalue weighted by molar-refractivity contribution is 0.0668. The highest BCUT2D eigenvalue weighted by molar-refractivity contribution is 6.01. The minimum absolute atomic E-state index is 0.0570. The van der Waals surface area contributed by atoms with Gasteiger partial charge in [-0.05, 0) is 149 Å². The Morgan fingerprint density at radius 1 is 0.700 bits per heavy atom. The van der Waals surface area contributed by atoms with Gasteiger partial charge in [-0.3, -0.25) is 9.59 Å². The summed E-state index contributed by atoms with van der Waals surface area (Å²) >= 11 is 0. The number of para-hydroxylation sites is 1. The lowest BCUT2D eigenvalue weighted by Gasteiger charge is -2.35. The summed E-state index contributed by atoms with van der Waals surface area (Å²) in [4.78, 5) is 45.3. The maximum Gasteiger partial charge on any atom is 0.254 e. The monoisotopic (exact) mass is 942 g/mol. The predicted octanol–water partition coefficient (Wildman–Crippen LogP) is 9.03. The number of nitrogens with two attached hydrogens (primary N) is 1. The van der Waals surface area contributed by atoms with Gasteiger partial charge in [0, 0.05) is 93.0 Å². The van der Waals surface area contributed by atoms with Crippen molar-refractivity contribution in [2.24, 2.45) is 37.6 Å². The minimum atomic E-state index is 0.0570. The van der Waals surface area contributed by atoms with Gasteiger partial charge in [0.25, 0.3) is 11.8 Å². The molecular weight excluding hydrogens is 875 g/mol. The molecule has 70 heavy (non-hydrogen) atoms. The summed E-state index contributed by atoms with van der Waals surface area (Å²) in [6, 6.07) is 27.4. The van der Waals surface area contributed by atoms with E-state index in [0.29, 0.717) is 29.2 Å².